The molecule has 1 N–H and O–H groups in total. The smallest absolute Gasteiger partial charge is 0.440 e. The SMILES string of the molecule is CCCCCC/C=C/[C@H](O)C/[S@@](=N\C(=O)OCc1ccccc1)c1ccc(C)cc1. The summed E-state index contributed by atoms with van der Waals surface area (Å²) in [5, 5.41) is 10.5. The predicted octanol–water partition coefficient (Wildman–Crippen LogP) is 6.38. The zero-order chi connectivity index (χ0) is 21.6. The van der Waals surface area contributed by atoms with E-state index in [0.29, 0.717) is 5.75 Å². The lowest BCUT2D eigenvalue weighted by molar-refractivity contribution is 0.151. The fourth-order valence-corrected chi connectivity index (χ4v) is 4.37. The first kappa shape index (κ1) is 24.0. The summed E-state index contributed by atoms with van der Waals surface area (Å²) in [6.45, 7) is 4.40. The number of aliphatic hydroxyl groups excluding tert-OH is 1. The van der Waals surface area contributed by atoms with Gasteiger partial charge in [0, 0.05) is 10.6 Å². The second-order valence-electron chi connectivity index (χ2n) is 7.32. The average molecular weight is 428 g/mol. The summed E-state index contributed by atoms with van der Waals surface area (Å²) in [4.78, 5) is 13.3. The van der Waals surface area contributed by atoms with Crippen molar-refractivity contribution < 1.29 is 14.6 Å². The van der Waals surface area contributed by atoms with Crippen LogP contribution in [0, 0.1) is 6.92 Å². The predicted molar refractivity (Wildman–Crippen MR) is 125 cm³/mol. The Bertz CT molecular complexity index is 816. The van der Waals surface area contributed by atoms with E-state index >= 15 is 0 Å². The van der Waals surface area contributed by atoms with Crippen LogP contribution in [0.2, 0.25) is 0 Å². The van der Waals surface area contributed by atoms with Crippen LogP contribution >= 0.6 is 0 Å². The molecule has 0 aromatic heterocycles. The van der Waals surface area contributed by atoms with Crippen LogP contribution in [0.3, 0.4) is 0 Å². The summed E-state index contributed by atoms with van der Waals surface area (Å²) in [5.74, 6) is 0.370. The third kappa shape index (κ3) is 9.51. The largest absolute Gasteiger partial charge is 0.443 e. The fraction of sp³-hybridized carbons (Fsp3) is 0.400. The van der Waals surface area contributed by atoms with Crippen molar-refractivity contribution in [1.82, 2.24) is 0 Å². The molecule has 0 aliphatic carbocycles. The van der Waals surface area contributed by atoms with Crippen molar-refractivity contribution in [1.29, 1.82) is 0 Å². The third-order valence-corrected chi connectivity index (χ3v) is 6.44. The minimum atomic E-state index is -0.775. The number of benzene rings is 2. The van der Waals surface area contributed by atoms with Crippen molar-refractivity contribution in [2.45, 2.75) is 63.6 Å². The molecular weight excluding hydrogens is 394 g/mol. The van der Waals surface area contributed by atoms with E-state index in [4.69, 9.17) is 4.74 Å². The molecule has 0 aliphatic heterocycles. The molecule has 2 aromatic carbocycles. The van der Waals surface area contributed by atoms with Crippen molar-refractivity contribution >= 4 is 16.8 Å². The van der Waals surface area contributed by atoms with Crippen LogP contribution in [0.25, 0.3) is 0 Å². The second kappa shape index (κ2) is 13.9. The highest BCUT2D eigenvalue weighted by atomic mass is 32.2. The molecule has 0 unspecified atom stereocenters. The van der Waals surface area contributed by atoms with Crippen LogP contribution in [-0.4, -0.2) is 23.1 Å². The first-order valence-corrected chi connectivity index (χ1v) is 12.0. The topological polar surface area (TPSA) is 58.9 Å². The molecule has 2 rings (SSSR count). The van der Waals surface area contributed by atoms with E-state index in [-0.39, 0.29) is 6.61 Å². The first-order valence-electron chi connectivity index (χ1n) is 10.6. The Morgan fingerprint density at radius 1 is 1.10 bits per heavy atom. The highest BCUT2D eigenvalue weighted by molar-refractivity contribution is 7.87. The monoisotopic (exact) mass is 427 g/mol. The summed E-state index contributed by atoms with van der Waals surface area (Å²) in [7, 11) is -0.775. The maximum Gasteiger partial charge on any atom is 0.440 e. The summed E-state index contributed by atoms with van der Waals surface area (Å²) >= 11 is 0. The van der Waals surface area contributed by atoms with E-state index in [1.807, 2.05) is 73.7 Å². The molecule has 1 amide bonds. The Hall–Kier alpha value is -2.24. The highest BCUT2D eigenvalue weighted by Gasteiger charge is 2.11. The van der Waals surface area contributed by atoms with E-state index in [9.17, 15) is 9.90 Å². The van der Waals surface area contributed by atoms with Gasteiger partial charge in [0.05, 0.1) is 6.10 Å². The number of hydrogen-bond acceptors (Lipinski definition) is 3. The molecular formula is C25H33NO3S. The van der Waals surface area contributed by atoms with Gasteiger partial charge in [-0.1, -0.05) is 97.1 Å². The van der Waals surface area contributed by atoms with Gasteiger partial charge >= 0.3 is 6.09 Å². The first-order chi connectivity index (χ1) is 14.6. The van der Waals surface area contributed by atoms with Crippen LogP contribution in [0.4, 0.5) is 4.79 Å². The van der Waals surface area contributed by atoms with Gasteiger partial charge in [-0.05, 0) is 37.5 Å². The maximum absolute atomic E-state index is 12.3. The second-order valence-corrected chi connectivity index (χ2v) is 9.04. The van der Waals surface area contributed by atoms with Gasteiger partial charge in [0.25, 0.3) is 0 Å². The van der Waals surface area contributed by atoms with Gasteiger partial charge in [-0.25, -0.2) is 4.79 Å². The van der Waals surface area contributed by atoms with E-state index in [1.165, 1.54) is 19.3 Å². The van der Waals surface area contributed by atoms with E-state index in [2.05, 4.69) is 11.3 Å². The number of ether oxygens (including phenoxy) is 1. The van der Waals surface area contributed by atoms with Gasteiger partial charge in [-0.3, -0.25) is 0 Å². The minimum absolute atomic E-state index is 0.189. The van der Waals surface area contributed by atoms with Gasteiger partial charge in [0.2, 0.25) is 0 Å². The van der Waals surface area contributed by atoms with Gasteiger partial charge in [0.15, 0.2) is 0 Å². The summed E-state index contributed by atoms with van der Waals surface area (Å²) in [6.07, 6.45) is 8.39. The van der Waals surface area contributed by atoms with Crippen molar-refractivity contribution in [3.63, 3.8) is 0 Å². The number of carbonyl (C=O) groups is 1. The number of rotatable bonds is 11. The Kier molecular flexibility index (Phi) is 11.1. The number of nitrogens with zero attached hydrogens (tertiary/aromatic N) is 1. The summed E-state index contributed by atoms with van der Waals surface area (Å²) in [5.41, 5.74) is 2.06. The normalized spacial score (nSPS) is 13.4. The maximum atomic E-state index is 12.3. The number of aryl methyl sites for hydroxylation is 1. The molecule has 162 valence electrons. The third-order valence-electron chi connectivity index (χ3n) is 4.59. The molecule has 2 atom stereocenters. The number of aliphatic hydroxyl groups is 1. The minimum Gasteiger partial charge on any atom is -0.443 e. The van der Waals surface area contributed by atoms with Crippen LogP contribution in [0.1, 0.15) is 50.2 Å². The molecule has 5 heteroatoms. The Morgan fingerprint density at radius 3 is 2.53 bits per heavy atom. The van der Waals surface area contributed by atoms with Crippen LogP contribution in [0.5, 0.6) is 0 Å². The van der Waals surface area contributed by atoms with Gasteiger partial charge in [0.1, 0.15) is 6.61 Å². The molecule has 0 bridgehead atoms. The standard InChI is InChI=1S/C25H33NO3S/c1-3-4-5-6-7-11-14-23(27)20-30(24-17-15-21(2)16-18-24)26-25(28)29-19-22-12-9-8-10-13-22/h8-18,23,27H,3-7,19-20H2,1-2H3/b14-11+/t23-,30+/m0/s1. The lowest BCUT2D eigenvalue weighted by Crippen LogP contribution is -2.15. The Morgan fingerprint density at radius 2 is 1.83 bits per heavy atom. The van der Waals surface area contributed by atoms with Crippen molar-refractivity contribution in [2.24, 2.45) is 4.36 Å². The van der Waals surface area contributed by atoms with E-state index in [0.717, 1.165) is 28.9 Å². The van der Waals surface area contributed by atoms with Crippen molar-refractivity contribution in [3.8, 4) is 0 Å². The Labute approximate surface area is 183 Å². The zero-order valence-corrected chi connectivity index (χ0v) is 18.8. The Balaban J connectivity index is 2.01. The summed E-state index contributed by atoms with van der Waals surface area (Å²) < 4.78 is 9.60. The van der Waals surface area contributed by atoms with Crippen LogP contribution < -0.4 is 0 Å². The van der Waals surface area contributed by atoms with Crippen LogP contribution in [-0.2, 0) is 22.0 Å². The molecule has 0 saturated carbocycles. The van der Waals surface area contributed by atoms with Gasteiger partial charge in [-0.15, -0.1) is 4.36 Å². The van der Waals surface area contributed by atoms with E-state index < -0.39 is 22.9 Å². The number of carbonyl (C=O) groups excluding carboxylic acids is 1. The zero-order valence-electron chi connectivity index (χ0n) is 18.0. The fourth-order valence-electron chi connectivity index (χ4n) is 2.88. The van der Waals surface area contributed by atoms with Crippen molar-refractivity contribution in [2.75, 3.05) is 5.75 Å². The summed E-state index contributed by atoms with van der Waals surface area (Å²) in [6, 6.07) is 17.5. The molecule has 0 aliphatic rings. The molecule has 0 heterocycles. The number of allylic oxidation sites excluding steroid dienone is 1. The van der Waals surface area contributed by atoms with Crippen molar-refractivity contribution in [3.05, 3.63) is 77.9 Å². The number of amides is 1. The highest BCUT2D eigenvalue weighted by Crippen LogP contribution is 2.14. The molecule has 4 nitrogen and oxygen atoms in total. The lowest BCUT2D eigenvalue weighted by Gasteiger charge is -2.12. The molecule has 0 spiro atoms. The molecule has 0 saturated heterocycles. The molecule has 30 heavy (non-hydrogen) atoms. The lowest BCUT2D eigenvalue weighted by atomic mass is 10.1. The van der Waals surface area contributed by atoms with E-state index in [1.54, 1.807) is 0 Å². The number of unbranched alkanes of at least 4 members (excludes halogenated alkanes) is 4. The molecule has 0 fully saturated rings. The number of hydrogen-bond donors (Lipinski definition) is 1. The average Bonchev–Trinajstić information content (AvgIpc) is 2.75. The van der Waals surface area contributed by atoms with Crippen LogP contribution in [0.15, 0.2) is 76.0 Å². The van der Waals surface area contributed by atoms with Gasteiger partial charge < -0.3 is 9.84 Å². The molecule has 2 aromatic rings. The quantitative estimate of drug-likeness (QED) is 0.334. The molecule has 0 radical (unpaired) electrons. The van der Waals surface area contributed by atoms with Gasteiger partial charge in [-0.2, -0.15) is 0 Å².